The zero-order valence-corrected chi connectivity index (χ0v) is 17.4. The Morgan fingerprint density at radius 2 is 1.73 bits per heavy atom. The average Bonchev–Trinajstić information content (AvgIpc) is 2.78. The van der Waals surface area contributed by atoms with Crippen molar-refractivity contribution in [2.75, 3.05) is 18.0 Å². The number of carbonyl (C=O) groups is 1. The van der Waals surface area contributed by atoms with Crippen molar-refractivity contribution in [2.45, 2.75) is 39.0 Å². The van der Waals surface area contributed by atoms with Gasteiger partial charge in [-0.15, -0.1) is 0 Å². The molecular formula is C27H26N2O. The molecule has 1 aliphatic carbocycles. The molecule has 30 heavy (non-hydrogen) atoms. The molecule has 5 rings (SSSR count). The third kappa shape index (κ3) is 3.17. The summed E-state index contributed by atoms with van der Waals surface area (Å²) in [4.78, 5) is 14.8. The van der Waals surface area contributed by atoms with Crippen molar-refractivity contribution in [1.82, 2.24) is 0 Å². The van der Waals surface area contributed by atoms with Crippen LogP contribution in [-0.2, 0) is 17.6 Å². The van der Waals surface area contributed by atoms with E-state index in [0.717, 1.165) is 65.4 Å². The highest BCUT2D eigenvalue weighted by molar-refractivity contribution is 6.00. The molecule has 0 atom stereocenters. The summed E-state index contributed by atoms with van der Waals surface area (Å²) in [7, 11) is 0. The zero-order valence-electron chi connectivity index (χ0n) is 17.4. The third-order valence-corrected chi connectivity index (χ3v) is 6.87. The van der Waals surface area contributed by atoms with Crippen LogP contribution in [0.2, 0.25) is 0 Å². The number of rotatable bonds is 2. The van der Waals surface area contributed by atoms with E-state index in [1.165, 1.54) is 10.8 Å². The summed E-state index contributed by atoms with van der Waals surface area (Å²) < 4.78 is 0. The van der Waals surface area contributed by atoms with E-state index in [0.29, 0.717) is 19.3 Å². The Morgan fingerprint density at radius 3 is 2.53 bits per heavy atom. The molecular weight excluding hydrogens is 368 g/mol. The van der Waals surface area contributed by atoms with Crippen LogP contribution in [0.25, 0.3) is 21.9 Å². The topological polar surface area (TPSA) is 44.1 Å². The van der Waals surface area contributed by atoms with Crippen LogP contribution in [0.1, 0.15) is 42.9 Å². The highest BCUT2D eigenvalue weighted by Crippen LogP contribution is 2.41. The Hall–Kier alpha value is -3.12. The number of benzene rings is 3. The quantitative estimate of drug-likeness (QED) is 0.562. The van der Waals surface area contributed by atoms with E-state index >= 15 is 0 Å². The van der Waals surface area contributed by atoms with Crippen molar-refractivity contribution >= 4 is 22.2 Å². The lowest BCUT2D eigenvalue weighted by Gasteiger charge is -2.34. The van der Waals surface area contributed by atoms with Crippen LogP contribution in [0.5, 0.6) is 0 Å². The highest BCUT2D eigenvalue weighted by Gasteiger charge is 2.28. The second-order valence-corrected chi connectivity index (χ2v) is 8.80. The number of nitrogens with zero attached hydrogens (tertiary/aromatic N) is 2. The number of Topliss-reactive ketones (excluding diaryl/α,β-unsaturated/α-hetero) is 1. The molecule has 1 saturated heterocycles. The molecule has 0 radical (unpaired) electrons. The summed E-state index contributed by atoms with van der Waals surface area (Å²) in [6, 6.07) is 19.5. The van der Waals surface area contributed by atoms with Gasteiger partial charge in [-0.1, -0.05) is 49.4 Å². The van der Waals surface area contributed by atoms with Crippen LogP contribution >= 0.6 is 0 Å². The molecule has 0 saturated carbocycles. The predicted octanol–water partition coefficient (Wildman–Crippen LogP) is 5.67. The maximum absolute atomic E-state index is 12.4. The molecule has 3 heteroatoms. The summed E-state index contributed by atoms with van der Waals surface area (Å²) in [6.45, 7) is 4.29. The Bertz CT molecular complexity index is 1170. The van der Waals surface area contributed by atoms with Crippen molar-refractivity contribution in [3.63, 3.8) is 0 Å². The van der Waals surface area contributed by atoms with Gasteiger partial charge in [-0.05, 0) is 64.3 Å². The van der Waals surface area contributed by atoms with Crippen molar-refractivity contribution < 1.29 is 4.79 Å². The number of anilines is 1. The first kappa shape index (κ1) is 18.9. The van der Waals surface area contributed by atoms with Crippen LogP contribution in [0.3, 0.4) is 0 Å². The van der Waals surface area contributed by atoms with Gasteiger partial charge in [0.2, 0.25) is 0 Å². The first-order valence-corrected chi connectivity index (χ1v) is 11.0. The molecule has 0 spiro atoms. The molecule has 0 amide bonds. The molecule has 0 bridgehead atoms. The number of nitriles is 1. The van der Waals surface area contributed by atoms with Crippen LogP contribution in [0.4, 0.5) is 5.69 Å². The molecule has 1 fully saturated rings. The lowest BCUT2D eigenvalue weighted by molar-refractivity contribution is -0.118. The molecule has 150 valence electrons. The minimum absolute atomic E-state index is 0.271. The van der Waals surface area contributed by atoms with E-state index in [2.05, 4.69) is 66.4 Å². The largest absolute Gasteiger partial charge is 0.370 e. The summed E-state index contributed by atoms with van der Waals surface area (Å²) >= 11 is 0. The number of carbonyl (C=O) groups excluding carboxylic acids is 1. The fraction of sp³-hybridized carbons (Fsp3) is 0.333. The normalized spacial score (nSPS) is 17.1. The number of hydrogen-bond acceptors (Lipinski definition) is 3. The van der Waals surface area contributed by atoms with Gasteiger partial charge in [0.05, 0.1) is 11.3 Å². The highest BCUT2D eigenvalue weighted by atomic mass is 16.1. The molecule has 3 aromatic carbocycles. The maximum Gasteiger partial charge on any atom is 0.137 e. The second kappa shape index (κ2) is 7.61. The fourth-order valence-corrected chi connectivity index (χ4v) is 5.12. The van der Waals surface area contributed by atoms with E-state index in [-0.39, 0.29) is 5.78 Å². The van der Waals surface area contributed by atoms with Gasteiger partial charge >= 0.3 is 0 Å². The molecule has 3 nitrogen and oxygen atoms in total. The van der Waals surface area contributed by atoms with Crippen molar-refractivity contribution in [3.05, 3.63) is 65.2 Å². The van der Waals surface area contributed by atoms with E-state index in [9.17, 15) is 10.1 Å². The van der Waals surface area contributed by atoms with Gasteiger partial charge in [-0.2, -0.15) is 5.26 Å². The molecule has 0 aromatic heterocycles. The van der Waals surface area contributed by atoms with Crippen LogP contribution < -0.4 is 4.90 Å². The standard InChI is InChI=1S/C27H26N2O/c1-18-11-13-29(14-12-18)27-16-25(22-8-4-6-19-5-2-3-7-21(19)22)24-15-20(30)9-10-23(24)26(27)17-28/h2-8,16,18H,9-15H2,1H3. The van der Waals surface area contributed by atoms with E-state index < -0.39 is 0 Å². The first-order valence-electron chi connectivity index (χ1n) is 11.0. The summed E-state index contributed by atoms with van der Waals surface area (Å²) in [5.74, 6) is 1.01. The van der Waals surface area contributed by atoms with Gasteiger partial charge in [0, 0.05) is 25.9 Å². The monoisotopic (exact) mass is 394 g/mol. The van der Waals surface area contributed by atoms with Gasteiger partial charge in [0.15, 0.2) is 0 Å². The van der Waals surface area contributed by atoms with Gasteiger partial charge < -0.3 is 4.90 Å². The average molecular weight is 395 g/mol. The van der Waals surface area contributed by atoms with Crippen LogP contribution in [0, 0.1) is 17.2 Å². The Morgan fingerprint density at radius 1 is 0.967 bits per heavy atom. The maximum atomic E-state index is 12.4. The van der Waals surface area contributed by atoms with Crippen molar-refractivity contribution in [3.8, 4) is 17.2 Å². The lowest BCUT2D eigenvalue weighted by atomic mass is 9.80. The molecule has 2 aliphatic rings. The fourth-order valence-electron chi connectivity index (χ4n) is 5.12. The van der Waals surface area contributed by atoms with Crippen molar-refractivity contribution in [1.29, 1.82) is 5.26 Å². The second-order valence-electron chi connectivity index (χ2n) is 8.80. The lowest BCUT2D eigenvalue weighted by Crippen LogP contribution is -2.34. The summed E-state index contributed by atoms with van der Waals surface area (Å²) in [5, 5.41) is 12.5. The minimum atomic E-state index is 0.271. The predicted molar refractivity (Wildman–Crippen MR) is 122 cm³/mol. The van der Waals surface area contributed by atoms with Gasteiger partial charge in [0.1, 0.15) is 11.9 Å². The SMILES string of the molecule is CC1CCN(c2cc(-c3cccc4ccccc34)c3c(c2C#N)CCC(=O)C3)CC1. The van der Waals surface area contributed by atoms with Gasteiger partial charge in [-0.25, -0.2) is 0 Å². The third-order valence-electron chi connectivity index (χ3n) is 6.87. The summed E-state index contributed by atoms with van der Waals surface area (Å²) in [5.41, 5.74) is 6.29. The van der Waals surface area contributed by atoms with Gasteiger partial charge in [0.25, 0.3) is 0 Å². The minimum Gasteiger partial charge on any atom is -0.370 e. The molecule has 1 aliphatic heterocycles. The Kier molecular flexibility index (Phi) is 4.79. The van der Waals surface area contributed by atoms with E-state index in [1.54, 1.807) is 0 Å². The number of ketones is 1. The first-order chi connectivity index (χ1) is 14.7. The number of fused-ring (bicyclic) bond motifs is 2. The van der Waals surface area contributed by atoms with Crippen molar-refractivity contribution in [2.24, 2.45) is 5.92 Å². The molecule has 0 unspecified atom stereocenters. The Balaban J connectivity index is 1.77. The number of piperidine rings is 1. The van der Waals surface area contributed by atoms with E-state index in [4.69, 9.17) is 0 Å². The molecule has 0 N–H and O–H groups in total. The smallest absolute Gasteiger partial charge is 0.137 e. The Labute approximate surface area is 177 Å². The summed E-state index contributed by atoms with van der Waals surface area (Å²) in [6.07, 6.45) is 3.96. The zero-order chi connectivity index (χ0) is 20.7. The van der Waals surface area contributed by atoms with Crippen LogP contribution in [0.15, 0.2) is 48.5 Å². The molecule has 3 aromatic rings. The number of hydrogen-bond donors (Lipinski definition) is 0. The van der Waals surface area contributed by atoms with Gasteiger partial charge in [-0.3, -0.25) is 4.79 Å². The molecule has 1 heterocycles. The van der Waals surface area contributed by atoms with Crippen LogP contribution in [-0.4, -0.2) is 18.9 Å². The van der Waals surface area contributed by atoms with E-state index in [1.807, 2.05) is 0 Å².